The monoisotopic (exact) mass is 447 g/mol. The Morgan fingerprint density at radius 2 is 1.93 bits per heavy atom. The van der Waals surface area contributed by atoms with E-state index < -0.39 is 5.82 Å². The lowest BCUT2D eigenvalue weighted by molar-refractivity contribution is -0.141. The highest BCUT2D eigenvalue weighted by Crippen LogP contribution is 2.32. The highest BCUT2D eigenvalue weighted by atomic mass is 35.5. The molecule has 0 atom stereocenters. The number of ether oxygens (including phenoxy) is 1. The van der Waals surface area contributed by atoms with Crippen molar-refractivity contribution in [2.24, 2.45) is 9.98 Å². The van der Waals surface area contributed by atoms with Crippen molar-refractivity contribution >= 4 is 63.1 Å². The van der Waals surface area contributed by atoms with Crippen molar-refractivity contribution < 1.29 is 18.7 Å². The van der Waals surface area contributed by atoms with Crippen LogP contribution in [0.1, 0.15) is 19.8 Å². The van der Waals surface area contributed by atoms with Crippen molar-refractivity contribution in [2.75, 3.05) is 17.7 Å². The number of halogens is 2. The molecule has 1 amide bonds. The van der Waals surface area contributed by atoms with Crippen molar-refractivity contribution in [3.8, 4) is 0 Å². The largest absolute Gasteiger partial charge is 0.466 e. The smallest absolute Gasteiger partial charge is 0.311 e. The molecule has 1 aliphatic heterocycles. The predicted molar refractivity (Wildman–Crippen MR) is 119 cm³/mol. The molecule has 2 aromatic carbocycles. The number of carbonyl (C=O) groups excluding carboxylic acids is 2. The molecule has 0 aliphatic carbocycles. The molecule has 0 radical (unpaired) electrons. The molecule has 0 unspecified atom stereocenters. The molecule has 0 saturated carbocycles. The molecule has 6 nitrogen and oxygen atoms in total. The third-order valence-corrected chi connectivity index (χ3v) is 5.20. The van der Waals surface area contributed by atoms with Crippen LogP contribution in [0.25, 0.3) is 0 Å². The van der Waals surface area contributed by atoms with E-state index in [4.69, 9.17) is 16.3 Å². The normalized spacial score (nSPS) is 12.9. The van der Waals surface area contributed by atoms with Gasteiger partial charge < -0.3 is 10.1 Å². The van der Waals surface area contributed by atoms with Crippen LogP contribution in [-0.2, 0) is 14.3 Å². The Hall–Kier alpha value is -2.71. The first kappa shape index (κ1) is 22.0. The van der Waals surface area contributed by atoms with Gasteiger partial charge in [0.1, 0.15) is 5.82 Å². The lowest BCUT2D eigenvalue weighted by Crippen LogP contribution is -2.17. The van der Waals surface area contributed by atoms with Crippen LogP contribution in [0.4, 0.5) is 21.5 Å². The first-order chi connectivity index (χ1) is 14.4. The van der Waals surface area contributed by atoms with Crippen molar-refractivity contribution in [1.82, 2.24) is 0 Å². The standard InChI is InChI=1S/C21H19ClFN3O3S/c1-2-29-21(28)11-14-10-20(26-18-6-4-3-5-17(18)24-14)30-12-19(27)25-16-8-7-13(22)9-15(16)23/h3-9H,2,10-12H2,1H3,(H,25,27). The number of fused-ring (bicyclic) bond motifs is 1. The van der Waals surface area contributed by atoms with Gasteiger partial charge in [0, 0.05) is 17.2 Å². The van der Waals surface area contributed by atoms with E-state index in [1.807, 2.05) is 24.3 Å². The van der Waals surface area contributed by atoms with Gasteiger partial charge in [-0.2, -0.15) is 0 Å². The molecule has 9 heteroatoms. The summed E-state index contributed by atoms with van der Waals surface area (Å²) < 4.78 is 18.9. The Morgan fingerprint density at radius 3 is 2.63 bits per heavy atom. The van der Waals surface area contributed by atoms with Crippen LogP contribution in [0.5, 0.6) is 0 Å². The van der Waals surface area contributed by atoms with Crippen LogP contribution < -0.4 is 5.32 Å². The topological polar surface area (TPSA) is 80.1 Å². The van der Waals surface area contributed by atoms with Crippen LogP contribution >= 0.6 is 23.4 Å². The number of nitrogens with one attached hydrogen (secondary N) is 1. The Kier molecular flexibility index (Phi) is 7.59. The van der Waals surface area contributed by atoms with Gasteiger partial charge in [-0.25, -0.2) is 9.38 Å². The van der Waals surface area contributed by atoms with E-state index in [1.54, 1.807) is 6.92 Å². The zero-order chi connectivity index (χ0) is 21.5. The summed E-state index contributed by atoms with van der Waals surface area (Å²) in [6.45, 7) is 2.03. The van der Waals surface area contributed by atoms with Crippen LogP contribution in [0.3, 0.4) is 0 Å². The minimum absolute atomic E-state index is 0.0236. The first-order valence-electron chi connectivity index (χ1n) is 9.21. The molecule has 30 heavy (non-hydrogen) atoms. The van der Waals surface area contributed by atoms with E-state index in [1.165, 1.54) is 23.9 Å². The molecule has 2 aromatic rings. The molecule has 1 aliphatic rings. The van der Waals surface area contributed by atoms with Crippen molar-refractivity contribution in [3.63, 3.8) is 0 Å². The number of thioether (sulfide) groups is 1. The minimum Gasteiger partial charge on any atom is -0.466 e. The van der Waals surface area contributed by atoms with Crippen molar-refractivity contribution in [2.45, 2.75) is 19.8 Å². The van der Waals surface area contributed by atoms with E-state index in [9.17, 15) is 14.0 Å². The highest BCUT2D eigenvalue weighted by Gasteiger charge is 2.18. The average molecular weight is 448 g/mol. The Morgan fingerprint density at radius 1 is 1.20 bits per heavy atom. The number of esters is 1. The zero-order valence-corrected chi connectivity index (χ0v) is 17.7. The number of hydrogen-bond acceptors (Lipinski definition) is 6. The summed E-state index contributed by atoms with van der Waals surface area (Å²) >= 11 is 6.94. The van der Waals surface area contributed by atoms with Gasteiger partial charge in [0.25, 0.3) is 0 Å². The highest BCUT2D eigenvalue weighted by molar-refractivity contribution is 8.14. The Bertz CT molecular complexity index is 1030. The molecule has 0 bridgehead atoms. The first-order valence-corrected chi connectivity index (χ1v) is 10.6. The third kappa shape index (κ3) is 6.14. The number of anilines is 1. The van der Waals surface area contributed by atoms with Gasteiger partial charge >= 0.3 is 5.97 Å². The van der Waals surface area contributed by atoms with E-state index in [2.05, 4.69) is 15.3 Å². The molecule has 0 fully saturated rings. The summed E-state index contributed by atoms with van der Waals surface area (Å²) in [5.74, 6) is -1.33. The van der Waals surface area contributed by atoms with E-state index in [-0.39, 0.29) is 34.8 Å². The Labute approximate surface area is 182 Å². The molecule has 1 heterocycles. The molecule has 3 rings (SSSR count). The minimum atomic E-state index is -0.606. The number of hydrogen-bond donors (Lipinski definition) is 1. The molecule has 0 saturated heterocycles. The maximum Gasteiger partial charge on any atom is 0.311 e. The number of para-hydroxylation sites is 2. The predicted octanol–water partition coefficient (Wildman–Crippen LogP) is 5.31. The van der Waals surface area contributed by atoms with Crippen LogP contribution in [-0.4, -0.2) is 35.0 Å². The number of amides is 1. The molecule has 0 aromatic heterocycles. The van der Waals surface area contributed by atoms with Gasteiger partial charge in [0.05, 0.1) is 40.9 Å². The summed E-state index contributed by atoms with van der Waals surface area (Å²) in [5.41, 5.74) is 1.97. The quantitative estimate of drug-likeness (QED) is 0.608. The number of nitrogens with zero attached hydrogens (tertiary/aromatic N) is 2. The summed E-state index contributed by atoms with van der Waals surface area (Å²) in [6, 6.07) is 11.3. The fourth-order valence-corrected chi connectivity index (χ4v) is 3.66. The number of aliphatic imine (C=N–C) groups is 2. The fraction of sp³-hybridized carbons (Fsp3) is 0.238. The zero-order valence-electron chi connectivity index (χ0n) is 16.2. The lowest BCUT2D eigenvalue weighted by Gasteiger charge is -2.08. The van der Waals surface area contributed by atoms with Gasteiger partial charge in [-0.1, -0.05) is 23.7 Å². The molecule has 1 N–H and O–H groups in total. The maximum absolute atomic E-state index is 13.9. The molecular weight excluding hydrogens is 429 g/mol. The number of rotatable bonds is 6. The summed E-state index contributed by atoms with van der Waals surface area (Å²) in [4.78, 5) is 33.3. The van der Waals surface area contributed by atoms with E-state index in [0.717, 1.165) is 6.07 Å². The average Bonchev–Trinajstić information content (AvgIpc) is 2.87. The third-order valence-electron chi connectivity index (χ3n) is 3.99. The van der Waals surface area contributed by atoms with E-state index in [0.29, 0.717) is 35.2 Å². The van der Waals surface area contributed by atoms with Crippen LogP contribution in [0.2, 0.25) is 5.02 Å². The lowest BCUT2D eigenvalue weighted by atomic mass is 10.2. The van der Waals surface area contributed by atoms with Crippen molar-refractivity contribution in [1.29, 1.82) is 0 Å². The Balaban J connectivity index is 1.70. The van der Waals surface area contributed by atoms with Gasteiger partial charge in [-0.3, -0.25) is 14.6 Å². The summed E-state index contributed by atoms with van der Waals surface area (Å²) in [5, 5.41) is 3.40. The molecular formula is C21H19ClFN3O3S. The van der Waals surface area contributed by atoms with Crippen LogP contribution in [0.15, 0.2) is 52.4 Å². The second kappa shape index (κ2) is 10.4. The molecule has 0 spiro atoms. The van der Waals surface area contributed by atoms with Gasteiger partial charge in [-0.05, 0) is 37.3 Å². The summed E-state index contributed by atoms with van der Waals surface area (Å²) in [7, 11) is 0. The maximum atomic E-state index is 13.9. The second-order valence-electron chi connectivity index (χ2n) is 6.29. The number of benzene rings is 2. The summed E-state index contributed by atoms with van der Waals surface area (Å²) in [6.07, 6.45) is 0.366. The number of carbonyl (C=O) groups is 2. The SMILES string of the molecule is CCOC(=O)CC1=Nc2ccccc2N=C(SCC(=O)Nc2ccc(Cl)cc2F)C1. The van der Waals surface area contributed by atoms with E-state index >= 15 is 0 Å². The van der Waals surface area contributed by atoms with Crippen molar-refractivity contribution in [3.05, 3.63) is 53.3 Å². The fourth-order valence-electron chi connectivity index (χ4n) is 2.70. The van der Waals surface area contributed by atoms with Gasteiger partial charge in [0.2, 0.25) is 5.91 Å². The van der Waals surface area contributed by atoms with Gasteiger partial charge in [-0.15, -0.1) is 11.8 Å². The van der Waals surface area contributed by atoms with Crippen LogP contribution in [0, 0.1) is 5.82 Å². The second-order valence-corrected chi connectivity index (χ2v) is 7.78. The molecule has 156 valence electrons. The van der Waals surface area contributed by atoms with Gasteiger partial charge in [0.15, 0.2) is 0 Å².